The van der Waals surface area contributed by atoms with Crippen LogP contribution >= 0.6 is 0 Å². The molecule has 0 heterocycles. The van der Waals surface area contributed by atoms with Crippen LogP contribution in [0.4, 0.5) is 52.7 Å². The molecule has 0 saturated heterocycles. The number of hydrogen-bond donors (Lipinski definition) is 0. The van der Waals surface area contributed by atoms with Crippen molar-refractivity contribution in [2.45, 2.75) is 47.7 Å². The first-order chi connectivity index (χ1) is 11.0. The summed E-state index contributed by atoms with van der Waals surface area (Å²) < 4.78 is 163. The topological polar surface area (TPSA) is 9.23 Å². The van der Waals surface area contributed by atoms with Crippen LogP contribution < -0.4 is 0 Å². The fourth-order valence-corrected chi connectivity index (χ4v) is 2.08. The summed E-state index contributed by atoms with van der Waals surface area (Å²) in [6.45, 7) is 0. The van der Waals surface area contributed by atoms with Gasteiger partial charge in [-0.05, 0) is 24.3 Å². The van der Waals surface area contributed by atoms with Crippen LogP contribution in [0.5, 0.6) is 0 Å². The van der Waals surface area contributed by atoms with E-state index in [4.69, 9.17) is 0 Å². The molecule has 2 rings (SSSR count). The molecule has 144 valence electrons. The largest absolute Gasteiger partial charge is 0.374 e. The molecule has 0 amide bonds. The minimum Gasteiger partial charge on any atom is -0.291 e. The van der Waals surface area contributed by atoms with E-state index < -0.39 is 72.0 Å². The van der Waals surface area contributed by atoms with Gasteiger partial charge in [0, 0.05) is 0 Å². The molecule has 0 bridgehead atoms. The molecule has 0 aliphatic heterocycles. The molecule has 2 aliphatic rings. The Morgan fingerprint density at radius 2 is 0.840 bits per heavy atom. The predicted molar refractivity (Wildman–Crippen MR) is 56.6 cm³/mol. The number of alkyl halides is 12. The van der Waals surface area contributed by atoms with Gasteiger partial charge in [0.1, 0.15) is 0 Å². The maximum atomic E-state index is 14.1. The molecule has 0 saturated carbocycles. The molecule has 1 nitrogen and oxygen atoms in total. The van der Waals surface area contributed by atoms with Crippen LogP contribution in [0.15, 0.2) is 24.3 Å². The van der Waals surface area contributed by atoms with Crippen LogP contribution in [0.25, 0.3) is 0 Å². The summed E-state index contributed by atoms with van der Waals surface area (Å²) >= 11 is 0. The summed E-state index contributed by atoms with van der Waals surface area (Å²) in [7, 11) is 0. The summed E-state index contributed by atoms with van der Waals surface area (Å²) in [5, 5.41) is 0. The molecular formula is C12H6F12O. The highest BCUT2D eigenvalue weighted by atomic mass is 19.3. The summed E-state index contributed by atoms with van der Waals surface area (Å²) in [4.78, 5) is 0. The van der Waals surface area contributed by atoms with E-state index in [1.807, 2.05) is 0 Å². The Bertz CT molecular complexity index is 561. The number of allylic oxidation sites excluding steroid dienone is 2. The average molecular weight is 394 g/mol. The lowest BCUT2D eigenvalue weighted by Crippen LogP contribution is -2.69. The van der Waals surface area contributed by atoms with E-state index in [0.29, 0.717) is 0 Å². The van der Waals surface area contributed by atoms with Gasteiger partial charge in [-0.15, -0.1) is 0 Å². The monoisotopic (exact) mass is 394 g/mol. The van der Waals surface area contributed by atoms with Crippen molar-refractivity contribution in [2.24, 2.45) is 0 Å². The number of ether oxygens (including phenoxy) is 1. The highest BCUT2D eigenvalue weighted by Gasteiger charge is 2.81. The van der Waals surface area contributed by atoms with Crippen molar-refractivity contribution < 1.29 is 57.4 Å². The maximum absolute atomic E-state index is 14.1. The Labute approximate surface area is 130 Å². The second-order valence-electron chi connectivity index (χ2n) is 5.31. The van der Waals surface area contributed by atoms with Crippen LogP contribution in [0.1, 0.15) is 0 Å². The predicted octanol–water partition coefficient (Wildman–Crippen LogP) is 4.69. The quantitative estimate of drug-likeness (QED) is 0.488. The lowest BCUT2D eigenvalue weighted by atomic mass is 9.89. The van der Waals surface area contributed by atoms with Crippen molar-refractivity contribution in [1.82, 2.24) is 0 Å². The zero-order valence-corrected chi connectivity index (χ0v) is 11.4. The fraction of sp³-hybridized carbons (Fsp3) is 0.667. The molecule has 4 atom stereocenters. The first kappa shape index (κ1) is 19.9. The molecule has 0 spiro atoms. The maximum Gasteiger partial charge on any atom is 0.374 e. The third-order valence-electron chi connectivity index (χ3n) is 3.64. The van der Waals surface area contributed by atoms with Crippen molar-refractivity contribution in [3.05, 3.63) is 24.3 Å². The Morgan fingerprint density at radius 1 is 0.560 bits per heavy atom. The Kier molecular flexibility index (Phi) is 4.04. The van der Waals surface area contributed by atoms with Gasteiger partial charge in [0.25, 0.3) is 0 Å². The second-order valence-corrected chi connectivity index (χ2v) is 5.31. The zero-order valence-electron chi connectivity index (χ0n) is 11.4. The first-order valence-corrected chi connectivity index (χ1v) is 6.22. The molecule has 0 radical (unpaired) electrons. The van der Waals surface area contributed by atoms with Crippen LogP contribution in [0.3, 0.4) is 0 Å². The fourth-order valence-electron chi connectivity index (χ4n) is 2.08. The standard InChI is InChI=1S/C12H6F12O/c13-5-1-3-7(15,11(21,22)9(5,17)18)25-8(16)4-2-6(14)10(19,20)12(8,23)24/h1-6H. The van der Waals surface area contributed by atoms with E-state index >= 15 is 0 Å². The van der Waals surface area contributed by atoms with E-state index in [1.54, 1.807) is 0 Å². The molecule has 25 heavy (non-hydrogen) atoms. The van der Waals surface area contributed by atoms with Gasteiger partial charge in [0.2, 0.25) is 0 Å². The Hall–Kier alpha value is -1.40. The van der Waals surface area contributed by atoms with Gasteiger partial charge in [-0.3, -0.25) is 4.74 Å². The minimum atomic E-state index is -6.26. The van der Waals surface area contributed by atoms with Crippen molar-refractivity contribution in [3.8, 4) is 0 Å². The number of halogens is 12. The molecule has 0 aromatic rings. The Morgan fingerprint density at radius 3 is 1.12 bits per heavy atom. The van der Waals surface area contributed by atoms with E-state index in [2.05, 4.69) is 4.74 Å². The van der Waals surface area contributed by atoms with Gasteiger partial charge >= 0.3 is 35.4 Å². The van der Waals surface area contributed by atoms with Crippen LogP contribution in [-0.2, 0) is 4.74 Å². The smallest absolute Gasteiger partial charge is 0.291 e. The molecular weight excluding hydrogens is 388 g/mol. The van der Waals surface area contributed by atoms with E-state index in [0.717, 1.165) is 0 Å². The van der Waals surface area contributed by atoms with Gasteiger partial charge < -0.3 is 0 Å². The molecule has 2 aliphatic carbocycles. The molecule has 0 N–H and O–H groups in total. The summed E-state index contributed by atoms with van der Waals surface area (Å²) in [6.07, 6.45) is -10.5. The third kappa shape index (κ3) is 2.30. The van der Waals surface area contributed by atoms with Gasteiger partial charge in [0.05, 0.1) is 0 Å². The van der Waals surface area contributed by atoms with E-state index in [9.17, 15) is 52.7 Å². The van der Waals surface area contributed by atoms with Gasteiger partial charge in [-0.1, -0.05) is 0 Å². The first-order valence-electron chi connectivity index (χ1n) is 6.22. The van der Waals surface area contributed by atoms with E-state index in [1.165, 1.54) is 0 Å². The van der Waals surface area contributed by atoms with Gasteiger partial charge in [-0.25, -0.2) is 17.6 Å². The number of rotatable bonds is 2. The van der Waals surface area contributed by atoms with Crippen LogP contribution in [0, 0.1) is 0 Å². The van der Waals surface area contributed by atoms with Crippen LogP contribution in [-0.4, -0.2) is 47.7 Å². The minimum absolute atomic E-state index is 0.582. The van der Waals surface area contributed by atoms with Crippen molar-refractivity contribution in [1.29, 1.82) is 0 Å². The molecule has 0 aromatic carbocycles. The molecule has 0 aromatic heterocycles. The average Bonchev–Trinajstić information content (AvgIpc) is 2.46. The van der Waals surface area contributed by atoms with Gasteiger partial charge in [0.15, 0.2) is 12.3 Å². The van der Waals surface area contributed by atoms with Crippen LogP contribution in [0.2, 0.25) is 0 Å². The summed E-state index contributed by atoms with van der Waals surface area (Å²) in [5.41, 5.74) is 0. The molecule has 13 heteroatoms. The van der Waals surface area contributed by atoms with Gasteiger partial charge in [-0.2, -0.15) is 35.1 Å². The molecule has 4 unspecified atom stereocenters. The third-order valence-corrected chi connectivity index (χ3v) is 3.64. The SMILES string of the molecule is FC1C=CC(F)(OC2(F)C=CC(F)C(F)(F)C2(F)F)C(F)(F)C1(F)F. The number of hydrogen-bond acceptors (Lipinski definition) is 1. The zero-order chi connectivity index (χ0) is 19.7. The van der Waals surface area contributed by atoms with Crippen molar-refractivity contribution in [3.63, 3.8) is 0 Å². The van der Waals surface area contributed by atoms with Crippen molar-refractivity contribution in [2.75, 3.05) is 0 Å². The highest BCUT2D eigenvalue weighted by molar-refractivity contribution is 5.25. The lowest BCUT2D eigenvalue weighted by Gasteiger charge is -2.45. The Balaban J connectivity index is 2.54. The highest BCUT2D eigenvalue weighted by Crippen LogP contribution is 2.58. The van der Waals surface area contributed by atoms with Crippen molar-refractivity contribution >= 4 is 0 Å². The molecule has 0 fully saturated rings. The summed E-state index contributed by atoms with van der Waals surface area (Å²) in [5.74, 6) is -35.2. The van der Waals surface area contributed by atoms with E-state index in [-0.39, 0.29) is 0 Å². The lowest BCUT2D eigenvalue weighted by molar-refractivity contribution is -0.421. The second kappa shape index (κ2) is 5.07. The normalized spacial score (nSPS) is 43.8. The summed E-state index contributed by atoms with van der Waals surface area (Å²) in [6, 6.07) is 0.